The van der Waals surface area contributed by atoms with Crippen molar-refractivity contribution in [3.63, 3.8) is 0 Å². The Hall–Kier alpha value is -1.08. The van der Waals surface area contributed by atoms with Crippen LogP contribution in [-0.4, -0.2) is 399 Å². The number of likely N-dealkylation sites (tertiary alicyclic amines) is 3. The highest BCUT2D eigenvalue weighted by atomic mass is 16.5. The summed E-state index contributed by atoms with van der Waals surface area (Å²) in [4.78, 5) is 22.4. The van der Waals surface area contributed by atoms with E-state index in [4.69, 9.17) is 82.5 Å². The smallest absolute Gasteiger partial charge is 0.0594 e. The number of morpholine rings is 1. The van der Waals surface area contributed by atoms with Crippen LogP contribution in [0.3, 0.4) is 0 Å². The Kier molecular flexibility index (Phi) is 97.3. The van der Waals surface area contributed by atoms with E-state index in [0.717, 1.165) is 196 Å². The van der Waals surface area contributed by atoms with Crippen LogP contribution in [0.5, 0.6) is 0 Å². The van der Waals surface area contributed by atoms with E-state index >= 15 is 0 Å². The first kappa shape index (κ1) is 104. The predicted octanol–water partition coefficient (Wildman–Crippen LogP) is -2.64. The molecule has 0 radical (unpaired) electrons. The van der Waals surface area contributed by atoms with E-state index in [1.807, 2.05) is 30.8 Å². The Morgan fingerprint density at radius 1 is 0.415 bits per heavy atom. The molecule has 27 heteroatoms. The van der Waals surface area contributed by atoms with Gasteiger partial charge < -0.3 is 127 Å². The normalized spacial score (nSPS) is 17.0. The molecule has 27 nitrogen and oxygen atoms in total. The third-order valence-electron chi connectivity index (χ3n) is 15.6. The maximum atomic E-state index is 8.61. The van der Waals surface area contributed by atoms with Gasteiger partial charge in [0.05, 0.1) is 39.6 Å². The number of piperidine rings is 1. The molecule has 0 bridgehead atoms. The molecule has 0 aromatic carbocycles. The summed E-state index contributed by atoms with van der Waals surface area (Å²) < 4.78 is 5.16. The van der Waals surface area contributed by atoms with Gasteiger partial charge >= 0.3 is 0 Å². The molecule has 0 aromatic rings. The number of nitrogens with one attached hydrogen (secondary N) is 2. The van der Waals surface area contributed by atoms with Crippen LogP contribution in [0, 0.1) is 0 Å². The number of aliphatic hydroxyl groups excluding tert-OH is 4. The van der Waals surface area contributed by atoms with Gasteiger partial charge in [-0.15, -0.1) is 0 Å². The minimum atomic E-state index is 0.125. The summed E-state index contributed by atoms with van der Waals surface area (Å²) in [7, 11) is 10.3. The molecule has 26 N–H and O–H groups in total. The van der Waals surface area contributed by atoms with Crippen molar-refractivity contribution in [2.24, 2.45) is 57.3 Å². The first-order chi connectivity index (χ1) is 45.4. The summed E-state index contributed by atoms with van der Waals surface area (Å²) in [6.45, 7) is 49.0. The van der Waals surface area contributed by atoms with Gasteiger partial charge in [0.15, 0.2) is 0 Å². The highest BCUT2D eigenvalue weighted by Crippen LogP contribution is 2.16. The summed E-state index contributed by atoms with van der Waals surface area (Å²) in [5.74, 6) is 0. The molecular formula is C67H168N22O5. The summed E-state index contributed by atoms with van der Waals surface area (Å²) in [5, 5.41) is 40.8. The molecule has 0 amide bonds. The number of nitrogens with zero attached hydrogens (tertiary/aromatic N) is 10. The number of hydrogen-bond acceptors (Lipinski definition) is 27. The molecule has 5 aliphatic heterocycles. The first-order valence-electron chi connectivity index (χ1n) is 37.0. The Morgan fingerprint density at radius 2 is 0.787 bits per heavy atom. The highest BCUT2D eigenvalue weighted by Gasteiger charge is 2.19. The number of hydrogen-bond donors (Lipinski definition) is 16. The fourth-order valence-corrected chi connectivity index (χ4v) is 10.2. The van der Waals surface area contributed by atoms with Gasteiger partial charge in [0.25, 0.3) is 0 Å². The molecule has 5 fully saturated rings. The summed E-state index contributed by atoms with van der Waals surface area (Å²) in [6, 6.07) is 1.09. The maximum Gasteiger partial charge on any atom is 0.0594 e. The van der Waals surface area contributed by atoms with E-state index in [1.54, 1.807) is 0 Å². The predicted molar refractivity (Wildman–Crippen MR) is 407 cm³/mol. The minimum Gasteiger partial charge on any atom is -0.395 e. The van der Waals surface area contributed by atoms with Crippen molar-refractivity contribution >= 4 is 0 Å². The lowest BCUT2D eigenvalue weighted by Gasteiger charge is -2.25. The van der Waals surface area contributed by atoms with Crippen molar-refractivity contribution in [3.8, 4) is 0 Å². The molecule has 576 valence electrons. The monoisotopic (exact) mass is 1360 g/mol. The first-order valence-corrected chi connectivity index (χ1v) is 37.0. The Labute approximate surface area is 580 Å². The zero-order valence-corrected chi connectivity index (χ0v) is 63.5. The molecule has 94 heavy (non-hydrogen) atoms. The van der Waals surface area contributed by atoms with Crippen molar-refractivity contribution < 1.29 is 25.2 Å². The van der Waals surface area contributed by atoms with Crippen molar-refractivity contribution in [1.29, 1.82) is 0 Å². The van der Waals surface area contributed by atoms with E-state index in [2.05, 4.69) is 98.7 Å². The zero-order chi connectivity index (χ0) is 71.9. The van der Waals surface area contributed by atoms with Crippen LogP contribution >= 0.6 is 0 Å². The van der Waals surface area contributed by atoms with Crippen molar-refractivity contribution in [1.82, 2.24) is 59.6 Å². The molecule has 0 spiro atoms. The van der Waals surface area contributed by atoms with E-state index in [0.29, 0.717) is 45.3 Å². The third kappa shape index (κ3) is 85.1. The van der Waals surface area contributed by atoms with Gasteiger partial charge in [-0.05, 0) is 231 Å². The molecule has 0 aliphatic carbocycles. The largest absolute Gasteiger partial charge is 0.395 e. The molecule has 0 aromatic heterocycles. The molecule has 2 atom stereocenters. The molecule has 0 saturated carbocycles. The average molecular weight is 1360 g/mol. The Morgan fingerprint density at radius 3 is 1.09 bits per heavy atom. The lowest BCUT2D eigenvalue weighted by Crippen LogP contribution is -2.39. The maximum absolute atomic E-state index is 8.61. The van der Waals surface area contributed by atoms with Crippen molar-refractivity contribution in [2.75, 3.05) is 317 Å². The van der Waals surface area contributed by atoms with Gasteiger partial charge in [-0.1, -0.05) is 34.1 Å². The minimum absolute atomic E-state index is 0.125. The second kappa shape index (κ2) is 88.0. The fourth-order valence-electron chi connectivity index (χ4n) is 10.2. The molecular weight excluding hydrogens is 1190 g/mol. The topological polar surface area (TPSA) is 407 Å². The van der Waals surface area contributed by atoms with E-state index in [1.165, 1.54) is 104 Å². The van der Waals surface area contributed by atoms with Crippen molar-refractivity contribution in [3.05, 3.63) is 0 Å². The van der Waals surface area contributed by atoms with Gasteiger partial charge in [0, 0.05) is 136 Å². The van der Waals surface area contributed by atoms with Crippen LogP contribution in [0.4, 0.5) is 0 Å². The number of nitrogens with two attached hydrogens (primary N) is 10. The Balaban J connectivity index is -0.000000227. The number of rotatable bonds is 35. The molecule has 5 heterocycles. The van der Waals surface area contributed by atoms with E-state index < -0.39 is 0 Å². The number of aliphatic hydroxyl groups is 4. The van der Waals surface area contributed by atoms with Crippen LogP contribution in [0.1, 0.15) is 112 Å². The Bertz CT molecular complexity index is 1220. The lowest BCUT2D eigenvalue weighted by atomic mass is 10.1. The molecule has 5 rings (SSSR count). The summed E-state index contributed by atoms with van der Waals surface area (Å²) >= 11 is 0. The van der Waals surface area contributed by atoms with Gasteiger partial charge in [-0.25, -0.2) is 0 Å². The summed E-state index contributed by atoms with van der Waals surface area (Å²) in [5.41, 5.74) is 53.6. The highest BCUT2D eigenvalue weighted by molar-refractivity contribution is 4.76. The quantitative estimate of drug-likeness (QED) is 0.0308. The number of ether oxygens (including phenoxy) is 1. The lowest BCUT2D eigenvalue weighted by molar-refractivity contribution is 0.0394. The van der Waals surface area contributed by atoms with Gasteiger partial charge in [0.2, 0.25) is 0 Å². The van der Waals surface area contributed by atoms with Crippen molar-refractivity contribution in [2.45, 2.75) is 124 Å². The average Bonchev–Trinajstić information content (AvgIpc) is 4.13. The van der Waals surface area contributed by atoms with E-state index in [-0.39, 0.29) is 26.4 Å². The van der Waals surface area contributed by atoms with Gasteiger partial charge in [0.1, 0.15) is 0 Å². The van der Waals surface area contributed by atoms with Crippen LogP contribution in [0.2, 0.25) is 0 Å². The summed E-state index contributed by atoms with van der Waals surface area (Å²) in [6.07, 6.45) is 15.2. The van der Waals surface area contributed by atoms with Crippen LogP contribution in [0.15, 0.2) is 0 Å². The second-order valence-electron chi connectivity index (χ2n) is 24.7. The standard InChI is InChI=1S/C7H18N2O2.2C7H16N2.C7H18N2.C6H16N2O2.C6H14N2O.C6H14N2.C6H16N2.C5H12N2.2C5H14N2/c8-2-1-3-9(4-6-10)5-7-11;1-9-6-2-3-7(9)4-5-8;8-4-7-9-5-2-1-3-6-9;1-3-9(4-2)7-5-6-8;7-1-2-8(3-5-9)4-6-10;7-1-2-8-3-5-9-6-4-8;7-3-6-8-4-1-2-5-8;1-3-8(4-2)6-5-7;1-2-6-4-5-7-3-1;1-5(6)4-7(2)3;1-7(2)5-3-4-6/h10-11H,1-8H2;7H,2-6,8H2,1H3;1-8H2;3-8H2,1-2H3;9-10H,1-7H2;1-7H2;1-7H2;3-7H2,1-2H3;6-7H,1-5H2;5H,4,6H2,1-3H3;3-6H2,1-2H3. The molecule has 2 unspecified atom stereocenters. The fraction of sp³-hybridized carbons (Fsp3) is 1.00. The second-order valence-corrected chi connectivity index (χ2v) is 24.7. The zero-order valence-electron chi connectivity index (χ0n) is 63.5. The van der Waals surface area contributed by atoms with Crippen LogP contribution in [-0.2, 0) is 4.74 Å². The van der Waals surface area contributed by atoms with Crippen LogP contribution < -0.4 is 68.0 Å². The van der Waals surface area contributed by atoms with Gasteiger partial charge in [-0.2, -0.15) is 0 Å². The third-order valence-corrected chi connectivity index (χ3v) is 15.6. The van der Waals surface area contributed by atoms with E-state index in [9.17, 15) is 0 Å². The van der Waals surface area contributed by atoms with Crippen LogP contribution in [0.25, 0.3) is 0 Å². The number of likely N-dealkylation sites (N-methyl/N-ethyl adjacent to an activating group) is 2. The molecule has 5 saturated heterocycles. The van der Waals surface area contributed by atoms with Gasteiger partial charge in [-0.3, -0.25) is 14.7 Å². The SMILES string of the molecule is C1CNCCNC1.CC(N)CN(C)C.CCN(CC)CCCN.CCN(CC)CCN.CN(C)CCCN.CN1CCCC1CCN.NCCCN(CCO)CCO.NCCN(CCO)CCO.NCCN1CCCC1.NCCN1CCCCC1.NCCN1CCOCC1. The molecule has 5 aliphatic rings.